The van der Waals surface area contributed by atoms with E-state index in [2.05, 4.69) is 10.1 Å². The van der Waals surface area contributed by atoms with E-state index >= 15 is 0 Å². The summed E-state index contributed by atoms with van der Waals surface area (Å²) >= 11 is 0. The van der Waals surface area contributed by atoms with Crippen LogP contribution in [0.3, 0.4) is 0 Å². The Hall–Kier alpha value is -1.86. The number of fused-ring (bicyclic) bond motifs is 1. The third-order valence-electron chi connectivity index (χ3n) is 4.93. The lowest BCUT2D eigenvalue weighted by Gasteiger charge is -2.36. The highest BCUT2D eigenvalue weighted by molar-refractivity contribution is 7.51. The molecule has 0 aliphatic carbocycles. The number of ether oxygens (including phenoxy) is 3. The third kappa shape index (κ3) is 5.14. The van der Waals surface area contributed by atoms with E-state index in [0.29, 0.717) is 13.0 Å². The minimum atomic E-state index is -3.99. The van der Waals surface area contributed by atoms with Crippen molar-refractivity contribution in [2.75, 3.05) is 32.7 Å². The summed E-state index contributed by atoms with van der Waals surface area (Å²) < 4.78 is 40.7. The maximum atomic E-state index is 13.1. The van der Waals surface area contributed by atoms with Gasteiger partial charge in [0.15, 0.2) is 6.23 Å². The first kappa shape index (κ1) is 23.8. The van der Waals surface area contributed by atoms with Crippen molar-refractivity contribution in [3.63, 3.8) is 0 Å². The lowest BCUT2D eigenvalue weighted by atomic mass is 9.96. The number of esters is 1. The molecule has 0 saturated carbocycles. The number of aliphatic hydroxyl groups is 1. The van der Waals surface area contributed by atoms with Crippen LogP contribution in [0, 0.1) is 0 Å². The second-order valence-corrected chi connectivity index (χ2v) is 9.20. The molecule has 13 nitrogen and oxygen atoms in total. The Bertz CT molecular complexity index is 908. The number of hydrogen-bond acceptors (Lipinski definition) is 11. The van der Waals surface area contributed by atoms with Crippen LogP contribution in [0.1, 0.15) is 26.5 Å². The highest BCUT2D eigenvalue weighted by atomic mass is 31.2. The van der Waals surface area contributed by atoms with Gasteiger partial charge in [-0.1, -0.05) is 0 Å². The predicted octanol–water partition coefficient (Wildman–Crippen LogP) is -0.445. The second kappa shape index (κ2) is 9.33. The van der Waals surface area contributed by atoms with Crippen LogP contribution < -0.4 is 16.5 Å². The van der Waals surface area contributed by atoms with Crippen molar-refractivity contribution in [3.8, 4) is 0 Å². The molecular weight excluding hydrogens is 435 g/mol. The molecule has 6 atom stereocenters. The average molecular weight is 462 g/mol. The fraction of sp³-hybridized carbons (Fsp3) is 0.706. The van der Waals surface area contributed by atoms with Crippen molar-refractivity contribution >= 4 is 19.5 Å². The van der Waals surface area contributed by atoms with Gasteiger partial charge < -0.3 is 25.1 Å². The zero-order chi connectivity index (χ0) is 22.8. The maximum Gasteiger partial charge on any atom is 0.406 e. The summed E-state index contributed by atoms with van der Waals surface area (Å²) in [7, 11) is -2.46. The molecule has 0 bridgehead atoms. The van der Waals surface area contributed by atoms with Gasteiger partial charge in [0.05, 0.1) is 13.2 Å². The summed E-state index contributed by atoms with van der Waals surface area (Å²) in [4.78, 5) is 27.9. The number of nitrogens with one attached hydrogen (secondary N) is 1. The van der Waals surface area contributed by atoms with E-state index < -0.39 is 49.5 Å². The fourth-order valence-electron chi connectivity index (χ4n) is 3.35. The number of nitrogens with zero attached hydrogens (tertiary/aromatic N) is 2. The number of aromatic nitrogens is 2. The average Bonchev–Trinajstić information content (AvgIpc) is 2.95. The quantitative estimate of drug-likeness (QED) is 0.258. The fourth-order valence-corrected chi connectivity index (χ4v) is 5.12. The summed E-state index contributed by atoms with van der Waals surface area (Å²) in [5.41, 5.74) is 3.01. The maximum absolute atomic E-state index is 13.1. The molecule has 0 radical (unpaired) electrons. The molecule has 3 heterocycles. The van der Waals surface area contributed by atoms with E-state index in [4.69, 9.17) is 29.0 Å². The van der Waals surface area contributed by atoms with Crippen LogP contribution in [0.25, 0.3) is 0 Å². The molecule has 4 N–H and O–H groups in total. The van der Waals surface area contributed by atoms with Gasteiger partial charge in [-0.3, -0.25) is 18.4 Å². The van der Waals surface area contributed by atoms with E-state index in [1.165, 1.54) is 33.2 Å². The Morgan fingerprint density at radius 2 is 2.29 bits per heavy atom. The Morgan fingerprint density at radius 1 is 1.55 bits per heavy atom. The van der Waals surface area contributed by atoms with Crippen LogP contribution >= 0.6 is 7.75 Å². The topological polar surface area (TPSA) is 173 Å². The number of nitrogen functional groups attached to an aromatic ring is 1. The summed E-state index contributed by atoms with van der Waals surface area (Å²) in [5.74, 6) is -0.625. The predicted molar refractivity (Wildman–Crippen MR) is 106 cm³/mol. The van der Waals surface area contributed by atoms with Crippen molar-refractivity contribution in [1.29, 1.82) is 0 Å². The summed E-state index contributed by atoms with van der Waals surface area (Å²) in [6, 6.07) is 0.379. The number of carbonyl (C=O) groups is 1. The molecule has 31 heavy (non-hydrogen) atoms. The first-order valence-electron chi connectivity index (χ1n) is 9.66. The van der Waals surface area contributed by atoms with Gasteiger partial charge in [-0.25, -0.2) is 14.4 Å². The Morgan fingerprint density at radius 3 is 2.97 bits per heavy atom. The van der Waals surface area contributed by atoms with E-state index in [9.17, 15) is 19.3 Å². The first-order valence-corrected chi connectivity index (χ1v) is 11.2. The van der Waals surface area contributed by atoms with Gasteiger partial charge in [-0.15, -0.1) is 0 Å². The van der Waals surface area contributed by atoms with Gasteiger partial charge in [-0.2, -0.15) is 4.98 Å². The van der Waals surface area contributed by atoms with E-state index in [1.54, 1.807) is 0 Å². The third-order valence-corrected chi connectivity index (χ3v) is 6.62. The van der Waals surface area contributed by atoms with Crippen LogP contribution in [-0.2, 0) is 32.6 Å². The molecule has 0 amide bonds. The molecule has 0 unspecified atom stereocenters. The van der Waals surface area contributed by atoms with Crippen LogP contribution in [0.15, 0.2) is 17.1 Å². The van der Waals surface area contributed by atoms with Crippen LogP contribution in [0.2, 0.25) is 0 Å². The normalized spacial score (nSPS) is 33.6. The van der Waals surface area contributed by atoms with Crippen molar-refractivity contribution in [2.45, 2.75) is 50.3 Å². The Balaban J connectivity index is 1.68. The molecule has 0 spiro atoms. The molecule has 1 aromatic rings. The molecular formula is C17H27N4O9P. The minimum Gasteiger partial charge on any atom is -0.464 e. The van der Waals surface area contributed by atoms with E-state index in [0.717, 1.165) is 4.57 Å². The lowest BCUT2D eigenvalue weighted by molar-refractivity contribution is -0.145. The van der Waals surface area contributed by atoms with Crippen molar-refractivity contribution in [3.05, 3.63) is 22.7 Å². The number of carbonyl (C=O) groups excluding carboxylic acids is 1. The Kier molecular flexibility index (Phi) is 7.16. The lowest BCUT2D eigenvalue weighted by Crippen LogP contribution is -2.50. The SMILES string of the molecule is COCCCOC(=O)[C@H](C)N[P@@]1(=O)OC[C@H]2O[C@@H](n3ccc(N)nc3=O)[C@](C)(O)[C@@H]2O1. The molecule has 0 aromatic carbocycles. The highest BCUT2D eigenvalue weighted by Crippen LogP contribution is 2.55. The number of methoxy groups -OCH3 is 1. The smallest absolute Gasteiger partial charge is 0.406 e. The largest absolute Gasteiger partial charge is 0.464 e. The van der Waals surface area contributed by atoms with E-state index in [1.807, 2.05) is 0 Å². The van der Waals surface area contributed by atoms with Crippen LogP contribution in [0.4, 0.5) is 5.82 Å². The summed E-state index contributed by atoms with van der Waals surface area (Å²) in [5, 5.41) is 13.6. The van der Waals surface area contributed by atoms with Crippen LogP contribution in [0.5, 0.6) is 0 Å². The minimum absolute atomic E-state index is 0.0210. The number of hydrogen-bond donors (Lipinski definition) is 3. The zero-order valence-corrected chi connectivity index (χ0v) is 18.3. The molecule has 2 saturated heterocycles. The molecule has 2 aliphatic heterocycles. The van der Waals surface area contributed by atoms with Gasteiger partial charge >= 0.3 is 19.4 Å². The molecule has 2 fully saturated rings. The standard InChI is InChI=1S/C17H27N4O9P/c1-10(14(22)27-8-4-7-26-3)20-31(25)28-9-11-13(30-31)17(2,24)15(29-11)21-6-5-12(18)19-16(21)23/h5-6,10-11,13,15,24H,4,7-9H2,1-3H3,(H,20,25)(H2,18,19,23)/t10-,11+,13+,15+,17+,31+/m0/s1. The Labute approximate surface area is 178 Å². The number of nitrogens with two attached hydrogens (primary N) is 1. The van der Waals surface area contributed by atoms with E-state index in [-0.39, 0.29) is 19.0 Å². The van der Waals surface area contributed by atoms with Crippen LogP contribution in [-0.4, -0.2) is 71.4 Å². The highest BCUT2D eigenvalue weighted by Gasteiger charge is 2.60. The first-order chi connectivity index (χ1) is 14.6. The number of anilines is 1. The molecule has 3 rings (SSSR count). The molecule has 14 heteroatoms. The monoisotopic (exact) mass is 462 g/mol. The zero-order valence-electron chi connectivity index (χ0n) is 17.4. The molecule has 2 aliphatic rings. The van der Waals surface area contributed by atoms with Gasteiger partial charge in [-0.05, 0) is 19.9 Å². The van der Waals surface area contributed by atoms with Crippen molar-refractivity contribution < 1.29 is 37.7 Å². The molecule has 1 aromatic heterocycles. The van der Waals surface area contributed by atoms with Crippen molar-refractivity contribution in [2.24, 2.45) is 0 Å². The van der Waals surface area contributed by atoms with Gasteiger partial charge in [0, 0.05) is 26.3 Å². The van der Waals surface area contributed by atoms with Gasteiger partial charge in [0.25, 0.3) is 0 Å². The summed E-state index contributed by atoms with van der Waals surface area (Å²) in [6.45, 7) is 3.21. The second-order valence-electron chi connectivity index (χ2n) is 7.48. The molecule has 174 valence electrons. The van der Waals surface area contributed by atoms with Crippen molar-refractivity contribution in [1.82, 2.24) is 14.6 Å². The van der Waals surface area contributed by atoms with Gasteiger partial charge in [0.1, 0.15) is 29.7 Å². The number of rotatable bonds is 8. The summed E-state index contributed by atoms with van der Waals surface area (Å²) in [6.07, 6.45) is -1.25. The van der Waals surface area contributed by atoms with Gasteiger partial charge in [0.2, 0.25) is 0 Å².